The summed E-state index contributed by atoms with van der Waals surface area (Å²) in [7, 11) is 3.07. The second-order valence-electron chi connectivity index (χ2n) is 4.26. The fourth-order valence-corrected chi connectivity index (χ4v) is 3.24. The molecule has 0 aliphatic rings. The van der Waals surface area contributed by atoms with Crippen molar-refractivity contribution in [2.45, 2.75) is 11.4 Å². The zero-order valence-electron chi connectivity index (χ0n) is 10.9. The van der Waals surface area contributed by atoms with Crippen LogP contribution in [0.25, 0.3) is 10.9 Å². The fourth-order valence-electron chi connectivity index (χ4n) is 2.18. The molecule has 0 aliphatic carbocycles. The van der Waals surface area contributed by atoms with Crippen molar-refractivity contribution < 1.29 is 17.7 Å². The van der Waals surface area contributed by atoms with E-state index in [-0.39, 0.29) is 11.4 Å². The minimum Gasteiger partial charge on any atom is -0.496 e. The Morgan fingerprint density at radius 1 is 1.43 bits per heavy atom. The minimum absolute atomic E-state index is 0.0138. The number of hydrogen-bond donors (Lipinski definition) is 0. The predicted octanol–water partition coefficient (Wildman–Crippen LogP) is 2.01. The maximum atomic E-state index is 11.8. The summed E-state index contributed by atoms with van der Waals surface area (Å²) in [6, 6.07) is 5.20. The van der Waals surface area contributed by atoms with Gasteiger partial charge in [-0.25, -0.2) is 8.42 Å². The molecule has 0 bridgehead atoms. The van der Waals surface area contributed by atoms with Crippen LogP contribution < -0.4 is 4.74 Å². The van der Waals surface area contributed by atoms with Crippen LogP contribution in [0.15, 0.2) is 40.2 Å². The Kier molecular flexibility index (Phi) is 3.34. The van der Waals surface area contributed by atoms with E-state index in [1.165, 1.54) is 19.7 Å². The van der Waals surface area contributed by atoms with Crippen molar-refractivity contribution in [2.75, 3.05) is 7.11 Å². The lowest BCUT2D eigenvalue weighted by molar-refractivity contribution is 0.408. The third-order valence-electron chi connectivity index (χ3n) is 3.03. The first-order valence-electron chi connectivity index (χ1n) is 5.86. The van der Waals surface area contributed by atoms with E-state index in [4.69, 9.17) is 15.4 Å². The molecule has 0 spiro atoms. The van der Waals surface area contributed by atoms with Crippen LogP contribution in [0, 0.1) is 0 Å². The van der Waals surface area contributed by atoms with E-state index in [2.05, 4.69) is 14.7 Å². The SMILES string of the molecule is COc1cccc2c1c(S(=O)(=O)Cl)cn2Cc1ncon1. The van der Waals surface area contributed by atoms with E-state index in [0.717, 1.165) is 0 Å². The molecule has 9 heteroatoms. The van der Waals surface area contributed by atoms with Crippen molar-refractivity contribution >= 4 is 30.6 Å². The average Bonchev–Trinajstić information content (AvgIpc) is 3.06. The summed E-state index contributed by atoms with van der Waals surface area (Å²) in [6.07, 6.45) is 2.65. The van der Waals surface area contributed by atoms with Gasteiger partial charge in [-0.1, -0.05) is 11.2 Å². The minimum atomic E-state index is -3.91. The zero-order chi connectivity index (χ0) is 15.0. The second kappa shape index (κ2) is 5.05. The quantitative estimate of drug-likeness (QED) is 0.681. The van der Waals surface area contributed by atoms with Crippen LogP contribution >= 0.6 is 10.7 Å². The molecule has 2 aromatic heterocycles. The topological polar surface area (TPSA) is 87.2 Å². The van der Waals surface area contributed by atoms with E-state index >= 15 is 0 Å². The van der Waals surface area contributed by atoms with Gasteiger partial charge >= 0.3 is 0 Å². The summed E-state index contributed by atoms with van der Waals surface area (Å²) in [5.41, 5.74) is 0.651. The molecule has 3 rings (SSSR count). The number of hydrogen-bond acceptors (Lipinski definition) is 6. The van der Waals surface area contributed by atoms with Gasteiger partial charge in [0.05, 0.1) is 24.6 Å². The van der Waals surface area contributed by atoms with E-state index < -0.39 is 9.05 Å². The van der Waals surface area contributed by atoms with Crippen LogP contribution in [0.5, 0.6) is 5.75 Å². The number of halogens is 1. The fraction of sp³-hybridized carbons (Fsp3) is 0.167. The van der Waals surface area contributed by atoms with E-state index in [1.54, 1.807) is 22.8 Å². The highest BCUT2D eigenvalue weighted by atomic mass is 35.7. The molecule has 0 radical (unpaired) electrons. The van der Waals surface area contributed by atoms with Gasteiger partial charge in [0.2, 0.25) is 6.39 Å². The summed E-state index contributed by atoms with van der Waals surface area (Å²) in [6.45, 7) is 0.257. The molecule has 0 fully saturated rings. The van der Waals surface area contributed by atoms with Gasteiger partial charge in [-0.15, -0.1) is 0 Å². The van der Waals surface area contributed by atoms with Gasteiger partial charge in [-0.3, -0.25) is 0 Å². The summed E-state index contributed by atoms with van der Waals surface area (Å²) >= 11 is 0. The number of methoxy groups -OCH3 is 1. The number of fused-ring (bicyclic) bond motifs is 1. The van der Waals surface area contributed by atoms with Gasteiger partial charge in [0.15, 0.2) is 5.82 Å². The monoisotopic (exact) mass is 327 g/mol. The highest BCUT2D eigenvalue weighted by Gasteiger charge is 2.22. The van der Waals surface area contributed by atoms with Crippen LogP contribution in [0.2, 0.25) is 0 Å². The number of aromatic nitrogens is 3. The van der Waals surface area contributed by atoms with Crippen molar-refractivity contribution in [2.24, 2.45) is 0 Å². The first-order chi connectivity index (χ1) is 10.0. The second-order valence-corrected chi connectivity index (χ2v) is 6.80. The molecular weight excluding hydrogens is 318 g/mol. The van der Waals surface area contributed by atoms with Gasteiger partial charge in [0.1, 0.15) is 10.6 Å². The lowest BCUT2D eigenvalue weighted by atomic mass is 10.2. The molecule has 7 nitrogen and oxygen atoms in total. The van der Waals surface area contributed by atoms with Crippen molar-refractivity contribution in [3.8, 4) is 5.75 Å². The lowest BCUT2D eigenvalue weighted by Gasteiger charge is -2.04. The largest absolute Gasteiger partial charge is 0.496 e. The van der Waals surface area contributed by atoms with E-state index in [0.29, 0.717) is 22.5 Å². The third-order valence-corrected chi connectivity index (χ3v) is 4.37. The van der Waals surface area contributed by atoms with Crippen molar-refractivity contribution in [3.05, 3.63) is 36.6 Å². The Labute approximate surface area is 124 Å². The Morgan fingerprint density at radius 2 is 2.24 bits per heavy atom. The molecule has 110 valence electrons. The maximum Gasteiger partial charge on any atom is 0.263 e. The summed E-state index contributed by atoms with van der Waals surface area (Å²) < 4.78 is 35.1. The van der Waals surface area contributed by atoms with Crippen molar-refractivity contribution in [3.63, 3.8) is 0 Å². The molecule has 0 N–H and O–H groups in total. The van der Waals surface area contributed by atoms with Gasteiger partial charge in [-0.2, -0.15) is 4.98 Å². The molecule has 0 aliphatic heterocycles. The summed E-state index contributed by atoms with van der Waals surface area (Å²) in [5, 5.41) is 4.14. The highest BCUT2D eigenvalue weighted by Crippen LogP contribution is 2.35. The smallest absolute Gasteiger partial charge is 0.263 e. The number of nitrogens with zero attached hydrogens (tertiary/aromatic N) is 3. The predicted molar refractivity (Wildman–Crippen MR) is 74.9 cm³/mol. The molecule has 1 aromatic carbocycles. The van der Waals surface area contributed by atoms with Crippen LogP contribution in [0.4, 0.5) is 0 Å². The molecule has 0 saturated heterocycles. The van der Waals surface area contributed by atoms with Gasteiger partial charge < -0.3 is 13.8 Å². The van der Waals surface area contributed by atoms with Crippen LogP contribution in [0.1, 0.15) is 5.82 Å². The van der Waals surface area contributed by atoms with Crippen LogP contribution in [-0.4, -0.2) is 30.2 Å². The van der Waals surface area contributed by atoms with Crippen molar-refractivity contribution in [1.29, 1.82) is 0 Å². The molecule has 21 heavy (non-hydrogen) atoms. The Bertz CT molecular complexity index is 887. The average molecular weight is 328 g/mol. The lowest BCUT2D eigenvalue weighted by Crippen LogP contribution is -1.99. The number of rotatable bonds is 4. The maximum absolute atomic E-state index is 11.8. The van der Waals surface area contributed by atoms with Gasteiger partial charge in [0.25, 0.3) is 9.05 Å². The Hall–Kier alpha value is -2.06. The number of ether oxygens (including phenoxy) is 1. The summed E-state index contributed by atoms with van der Waals surface area (Å²) in [5.74, 6) is 0.854. The number of benzene rings is 1. The van der Waals surface area contributed by atoms with Crippen LogP contribution in [0.3, 0.4) is 0 Å². The standard InChI is InChI=1S/C12H10ClN3O4S/c1-19-9-4-2-3-8-12(9)10(21(13,17)18)5-16(8)6-11-14-7-20-15-11/h2-5,7H,6H2,1H3. The zero-order valence-corrected chi connectivity index (χ0v) is 12.4. The first kappa shape index (κ1) is 13.9. The molecule has 0 atom stereocenters. The molecular formula is C12H10ClN3O4S. The van der Waals surface area contributed by atoms with Crippen LogP contribution in [-0.2, 0) is 15.6 Å². The van der Waals surface area contributed by atoms with Gasteiger partial charge in [-0.05, 0) is 12.1 Å². The van der Waals surface area contributed by atoms with Gasteiger partial charge in [0, 0.05) is 16.9 Å². The Morgan fingerprint density at radius 3 is 2.86 bits per heavy atom. The third kappa shape index (κ3) is 2.47. The summed E-state index contributed by atoms with van der Waals surface area (Å²) in [4.78, 5) is 3.91. The molecule has 0 amide bonds. The molecule has 0 saturated carbocycles. The van der Waals surface area contributed by atoms with Crippen molar-refractivity contribution in [1.82, 2.24) is 14.7 Å². The molecule has 0 unspecified atom stereocenters. The van der Waals surface area contributed by atoms with E-state index in [9.17, 15) is 8.42 Å². The highest BCUT2D eigenvalue weighted by molar-refractivity contribution is 8.14. The normalized spacial score (nSPS) is 11.9. The first-order valence-corrected chi connectivity index (χ1v) is 8.17. The molecule has 2 heterocycles. The van der Waals surface area contributed by atoms with E-state index in [1.807, 2.05) is 0 Å². The molecule has 3 aromatic rings. The Balaban J connectivity index is 2.27.